The third-order valence-corrected chi connectivity index (χ3v) is 7.96. The molecule has 38 heavy (non-hydrogen) atoms. The van der Waals surface area contributed by atoms with Crippen LogP contribution < -0.4 is 16.5 Å². The van der Waals surface area contributed by atoms with E-state index in [9.17, 15) is 9.59 Å². The molecule has 1 saturated heterocycles. The topological polar surface area (TPSA) is 118 Å². The molecule has 0 radical (unpaired) electrons. The summed E-state index contributed by atoms with van der Waals surface area (Å²) in [5, 5.41) is 10.4. The van der Waals surface area contributed by atoms with Crippen LogP contribution in [0.1, 0.15) is 75.7 Å². The zero-order valence-electron chi connectivity index (χ0n) is 22.9. The Morgan fingerprint density at radius 2 is 1.63 bits per heavy atom. The molecule has 1 aliphatic carbocycles. The van der Waals surface area contributed by atoms with Crippen molar-refractivity contribution in [2.75, 3.05) is 18.4 Å². The molecule has 4 N–H and O–H groups in total. The Morgan fingerprint density at radius 1 is 1.00 bits per heavy atom. The smallest absolute Gasteiger partial charge is 0.399 e. The number of hydrogen-bond donors (Lipinski definition) is 3. The number of anilines is 1. The fourth-order valence-corrected chi connectivity index (χ4v) is 4.99. The van der Waals surface area contributed by atoms with E-state index in [2.05, 4.69) is 5.32 Å². The SMILES string of the molecule is CC1(C)OB(c2cccc(C(=O)N(CC(=O)Nc3ccc(C(=N)N)cc3)CC3CCCCC3)c2)OC1(C)C. The predicted molar refractivity (Wildman–Crippen MR) is 151 cm³/mol. The summed E-state index contributed by atoms with van der Waals surface area (Å²) < 4.78 is 12.4. The van der Waals surface area contributed by atoms with Crippen molar-refractivity contribution in [3.05, 3.63) is 59.7 Å². The molecule has 9 heteroatoms. The van der Waals surface area contributed by atoms with Crippen molar-refractivity contribution in [3.8, 4) is 0 Å². The van der Waals surface area contributed by atoms with Gasteiger partial charge >= 0.3 is 7.12 Å². The van der Waals surface area contributed by atoms with Crippen LogP contribution in [0.15, 0.2) is 48.5 Å². The Bertz CT molecular complexity index is 1160. The first-order valence-corrected chi connectivity index (χ1v) is 13.4. The number of nitrogens with two attached hydrogens (primary N) is 1. The molecule has 0 atom stereocenters. The number of nitrogen functional groups attached to an aromatic ring is 1. The van der Waals surface area contributed by atoms with Gasteiger partial charge in [0.2, 0.25) is 5.91 Å². The number of benzene rings is 2. The molecule has 2 amide bonds. The monoisotopic (exact) mass is 518 g/mol. The molecule has 8 nitrogen and oxygen atoms in total. The molecule has 2 aromatic rings. The van der Waals surface area contributed by atoms with E-state index >= 15 is 0 Å². The predicted octanol–water partition coefficient (Wildman–Crippen LogP) is 3.93. The number of nitrogens with one attached hydrogen (secondary N) is 2. The lowest BCUT2D eigenvalue weighted by Crippen LogP contribution is -2.42. The average molecular weight is 518 g/mol. The second-order valence-electron chi connectivity index (χ2n) is 11.4. The minimum atomic E-state index is -0.569. The Labute approximate surface area is 225 Å². The average Bonchev–Trinajstić information content (AvgIpc) is 3.10. The highest BCUT2D eigenvalue weighted by molar-refractivity contribution is 6.62. The molecule has 0 spiro atoms. The molecular weight excluding hydrogens is 479 g/mol. The molecule has 202 valence electrons. The van der Waals surface area contributed by atoms with Crippen LogP contribution in [0.2, 0.25) is 0 Å². The van der Waals surface area contributed by atoms with E-state index in [1.165, 1.54) is 6.42 Å². The van der Waals surface area contributed by atoms with Gasteiger partial charge in [0.15, 0.2) is 0 Å². The third-order valence-electron chi connectivity index (χ3n) is 7.96. The second-order valence-corrected chi connectivity index (χ2v) is 11.4. The summed E-state index contributed by atoms with van der Waals surface area (Å²) in [4.78, 5) is 28.5. The standard InChI is InChI=1S/C29H39BN4O4/c1-28(2)29(3,4)38-30(37-28)23-12-8-11-22(17-23)27(36)34(18-20-9-6-5-7-10-20)19-25(35)33-24-15-13-21(14-16-24)26(31)32/h8,11-17,20H,5-7,9-10,18-19H2,1-4H3,(H3,31,32)(H,33,35). The summed E-state index contributed by atoms with van der Waals surface area (Å²) in [7, 11) is -0.569. The van der Waals surface area contributed by atoms with Gasteiger partial charge in [0.1, 0.15) is 12.4 Å². The maximum Gasteiger partial charge on any atom is 0.494 e. The normalized spacial score (nSPS) is 18.7. The van der Waals surface area contributed by atoms with Gasteiger partial charge in [-0.05, 0) is 88.3 Å². The summed E-state index contributed by atoms with van der Waals surface area (Å²) in [5.74, 6) is -0.112. The maximum absolute atomic E-state index is 13.8. The van der Waals surface area contributed by atoms with E-state index < -0.39 is 18.3 Å². The van der Waals surface area contributed by atoms with Crippen molar-refractivity contribution in [2.24, 2.45) is 11.7 Å². The molecule has 1 heterocycles. The molecule has 4 rings (SSSR count). The zero-order valence-corrected chi connectivity index (χ0v) is 22.9. The minimum Gasteiger partial charge on any atom is -0.399 e. The van der Waals surface area contributed by atoms with E-state index in [1.807, 2.05) is 45.9 Å². The lowest BCUT2D eigenvalue weighted by atomic mass is 9.78. The van der Waals surface area contributed by atoms with Crippen LogP contribution >= 0.6 is 0 Å². The van der Waals surface area contributed by atoms with Gasteiger partial charge in [-0.15, -0.1) is 0 Å². The van der Waals surface area contributed by atoms with Gasteiger partial charge in [-0.25, -0.2) is 0 Å². The molecule has 0 unspecified atom stereocenters. The molecule has 2 aliphatic rings. The largest absolute Gasteiger partial charge is 0.494 e. The van der Waals surface area contributed by atoms with Crippen molar-refractivity contribution in [1.82, 2.24) is 4.90 Å². The van der Waals surface area contributed by atoms with Gasteiger partial charge < -0.3 is 25.3 Å². The van der Waals surface area contributed by atoms with Crippen molar-refractivity contribution >= 4 is 35.9 Å². The number of nitrogens with zero attached hydrogens (tertiary/aromatic N) is 1. The molecule has 0 bridgehead atoms. The van der Waals surface area contributed by atoms with Crippen LogP contribution in [-0.2, 0) is 14.1 Å². The van der Waals surface area contributed by atoms with E-state index in [4.69, 9.17) is 20.5 Å². The molecule has 1 aliphatic heterocycles. The fraction of sp³-hybridized carbons (Fsp3) is 0.483. The van der Waals surface area contributed by atoms with E-state index in [0.717, 1.165) is 31.1 Å². The van der Waals surface area contributed by atoms with Crippen LogP contribution in [0.5, 0.6) is 0 Å². The third kappa shape index (κ3) is 6.45. The summed E-state index contributed by atoms with van der Waals surface area (Å²) in [6.45, 7) is 8.49. The zero-order chi connectivity index (χ0) is 27.5. The summed E-state index contributed by atoms with van der Waals surface area (Å²) >= 11 is 0. The first-order valence-electron chi connectivity index (χ1n) is 13.4. The highest BCUT2D eigenvalue weighted by Gasteiger charge is 2.51. The van der Waals surface area contributed by atoms with E-state index in [1.54, 1.807) is 35.2 Å². The van der Waals surface area contributed by atoms with Crippen LogP contribution in [0, 0.1) is 11.3 Å². The van der Waals surface area contributed by atoms with Crippen molar-refractivity contribution in [3.63, 3.8) is 0 Å². The fourth-order valence-electron chi connectivity index (χ4n) is 4.99. The number of amides is 2. The number of hydrogen-bond acceptors (Lipinski definition) is 5. The Morgan fingerprint density at radius 3 is 2.24 bits per heavy atom. The van der Waals surface area contributed by atoms with Gasteiger partial charge in [0.05, 0.1) is 11.2 Å². The van der Waals surface area contributed by atoms with Crippen molar-refractivity contribution in [1.29, 1.82) is 5.41 Å². The van der Waals surface area contributed by atoms with Gasteiger partial charge in [0.25, 0.3) is 5.91 Å². The number of amidine groups is 1. The Kier molecular flexibility index (Phi) is 8.28. The first kappa shape index (κ1) is 27.9. The number of carbonyl (C=O) groups is 2. The van der Waals surface area contributed by atoms with Gasteiger partial charge in [0, 0.05) is 23.4 Å². The van der Waals surface area contributed by atoms with Crippen LogP contribution in [0.3, 0.4) is 0 Å². The van der Waals surface area contributed by atoms with E-state index in [0.29, 0.717) is 29.3 Å². The molecule has 1 saturated carbocycles. The van der Waals surface area contributed by atoms with Crippen LogP contribution in [0.4, 0.5) is 5.69 Å². The van der Waals surface area contributed by atoms with Crippen molar-refractivity contribution in [2.45, 2.75) is 71.0 Å². The van der Waals surface area contributed by atoms with Gasteiger partial charge in [-0.3, -0.25) is 15.0 Å². The maximum atomic E-state index is 13.8. The molecular formula is C29H39BN4O4. The molecule has 0 aromatic heterocycles. The second kappa shape index (κ2) is 11.3. The molecule has 2 aromatic carbocycles. The highest BCUT2D eigenvalue weighted by Crippen LogP contribution is 2.36. The summed E-state index contributed by atoms with van der Waals surface area (Å²) in [6.07, 6.45) is 5.65. The number of rotatable bonds is 8. The quantitative estimate of drug-likeness (QED) is 0.278. The Balaban J connectivity index is 1.51. The van der Waals surface area contributed by atoms with Crippen LogP contribution in [0.25, 0.3) is 0 Å². The summed E-state index contributed by atoms with van der Waals surface area (Å²) in [5.41, 5.74) is 7.02. The van der Waals surface area contributed by atoms with Gasteiger partial charge in [-0.2, -0.15) is 0 Å². The summed E-state index contributed by atoms with van der Waals surface area (Å²) in [6, 6.07) is 14.1. The lowest BCUT2D eigenvalue weighted by molar-refractivity contribution is -0.117. The van der Waals surface area contributed by atoms with Crippen LogP contribution in [-0.4, -0.2) is 54.0 Å². The lowest BCUT2D eigenvalue weighted by Gasteiger charge is -2.32. The highest BCUT2D eigenvalue weighted by atomic mass is 16.7. The Hall–Kier alpha value is -3.17. The number of carbonyl (C=O) groups excluding carboxylic acids is 2. The van der Waals surface area contributed by atoms with Crippen molar-refractivity contribution < 1.29 is 18.9 Å². The first-order chi connectivity index (χ1) is 17.9. The molecule has 2 fully saturated rings. The van der Waals surface area contributed by atoms with Gasteiger partial charge in [-0.1, -0.05) is 31.4 Å². The van der Waals surface area contributed by atoms with E-state index in [-0.39, 0.29) is 24.2 Å². The minimum absolute atomic E-state index is 0.0325.